The average Bonchev–Trinajstić information content (AvgIpc) is 2.91. The Morgan fingerprint density at radius 3 is 2.45 bits per heavy atom. The van der Waals surface area contributed by atoms with E-state index >= 15 is 0 Å². The highest BCUT2D eigenvalue weighted by Crippen LogP contribution is 2.37. The Kier molecular flexibility index (Phi) is 3.42. The van der Waals surface area contributed by atoms with Crippen molar-refractivity contribution in [1.82, 2.24) is 10.2 Å². The molecule has 0 bridgehead atoms. The molecule has 0 atom stereocenters. The van der Waals surface area contributed by atoms with E-state index in [1.807, 2.05) is 19.1 Å². The molecule has 0 aliphatic carbocycles. The quantitative estimate of drug-likeness (QED) is 0.773. The molecule has 0 saturated carbocycles. The Hall–Kier alpha value is -3.02. The number of aromatic nitrogens is 2. The van der Waals surface area contributed by atoms with Crippen molar-refractivity contribution in [2.45, 2.75) is 6.92 Å². The molecule has 1 heterocycles. The number of H-pyrrole nitrogens is 1. The second kappa shape index (κ2) is 5.40. The molecule has 2 aromatic carbocycles. The minimum absolute atomic E-state index is 0.348. The molecule has 0 spiro atoms. The largest absolute Gasteiger partial charge is 0.455 e. The van der Waals surface area contributed by atoms with Crippen molar-refractivity contribution in [1.29, 1.82) is 10.5 Å². The summed E-state index contributed by atoms with van der Waals surface area (Å²) in [4.78, 5) is 0. The molecule has 1 N–H and O–H groups in total. The Morgan fingerprint density at radius 1 is 1.14 bits per heavy atom. The van der Waals surface area contributed by atoms with Gasteiger partial charge < -0.3 is 4.74 Å². The molecule has 0 saturated heterocycles. The van der Waals surface area contributed by atoms with Gasteiger partial charge in [-0.1, -0.05) is 11.6 Å². The first-order valence-electron chi connectivity index (χ1n) is 6.38. The van der Waals surface area contributed by atoms with Crippen LogP contribution in [0.5, 0.6) is 11.5 Å². The van der Waals surface area contributed by atoms with E-state index in [4.69, 9.17) is 26.9 Å². The summed E-state index contributed by atoms with van der Waals surface area (Å²) in [6.07, 6.45) is 0. The van der Waals surface area contributed by atoms with Crippen LogP contribution in [0.3, 0.4) is 0 Å². The summed E-state index contributed by atoms with van der Waals surface area (Å²) in [5, 5.41) is 26.3. The zero-order valence-electron chi connectivity index (χ0n) is 11.5. The summed E-state index contributed by atoms with van der Waals surface area (Å²) < 4.78 is 5.85. The molecule has 0 fully saturated rings. The fourth-order valence-corrected chi connectivity index (χ4v) is 2.40. The maximum absolute atomic E-state index is 9.03. The van der Waals surface area contributed by atoms with Crippen LogP contribution in [-0.4, -0.2) is 10.2 Å². The fourth-order valence-electron chi connectivity index (χ4n) is 2.21. The Balaban J connectivity index is 2.15. The second-order valence-electron chi connectivity index (χ2n) is 4.69. The first-order chi connectivity index (χ1) is 10.6. The highest BCUT2D eigenvalue weighted by molar-refractivity contribution is 6.33. The number of benzene rings is 2. The van der Waals surface area contributed by atoms with Crippen molar-refractivity contribution < 1.29 is 4.74 Å². The number of ether oxygens (including phenoxy) is 1. The van der Waals surface area contributed by atoms with Crippen LogP contribution < -0.4 is 4.74 Å². The molecule has 0 aliphatic rings. The van der Waals surface area contributed by atoms with Crippen LogP contribution in [0, 0.1) is 29.6 Å². The molecule has 5 nitrogen and oxygen atoms in total. The lowest BCUT2D eigenvalue weighted by molar-refractivity contribution is 0.488. The molecular weight excluding hydrogens is 300 g/mol. The van der Waals surface area contributed by atoms with E-state index in [-0.39, 0.29) is 0 Å². The number of nitrogens with zero attached hydrogens (tertiary/aromatic N) is 3. The molecule has 0 unspecified atom stereocenters. The predicted molar refractivity (Wildman–Crippen MR) is 81.8 cm³/mol. The van der Waals surface area contributed by atoms with Gasteiger partial charge in [-0.2, -0.15) is 15.6 Å². The van der Waals surface area contributed by atoms with Crippen molar-refractivity contribution in [3.05, 3.63) is 52.2 Å². The topological polar surface area (TPSA) is 85.5 Å². The van der Waals surface area contributed by atoms with Crippen LogP contribution in [0.25, 0.3) is 10.9 Å². The Morgan fingerprint density at radius 2 is 1.82 bits per heavy atom. The van der Waals surface area contributed by atoms with Crippen molar-refractivity contribution in [3.8, 4) is 23.6 Å². The van der Waals surface area contributed by atoms with Gasteiger partial charge in [-0.05, 0) is 37.3 Å². The molecule has 0 amide bonds. The average molecular weight is 309 g/mol. The lowest BCUT2D eigenvalue weighted by atomic mass is 10.1. The van der Waals surface area contributed by atoms with E-state index in [9.17, 15) is 0 Å². The number of aryl methyl sites for hydroxylation is 1. The van der Waals surface area contributed by atoms with Crippen LogP contribution in [0.1, 0.15) is 16.8 Å². The highest BCUT2D eigenvalue weighted by Gasteiger charge is 2.14. The fraction of sp³-hybridized carbons (Fsp3) is 0.0625. The zero-order chi connectivity index (χ0) is 15.7. The molecular formula is C16H9ClN4O. The number of hydrogen-bond donors (Lipinski definition) is 1. The third kappa shape index (κ3) is 2.35. The molecule has 1 aromatic heterocycles. The summed E-state index contributed by atoms with van der Waals surface area (Å²) in [6.45, 7) is 1.87. The van der Waals surface area contributed by atoms with Gasteiger partial charge in [0.25, 0.3) is 0 Å². The second-order valence-corrected chi connectivity index (χ2v) is 5.10. The lowest BCUT2D eigenvalue weighted by Crippen LogP contribution is -1.90. The molecule has 22 heavy (non-hydrogen) atoms. The monoisotopic (exact) mass is 308 g/mol. The summed E-state index contributed by atoms with van der Waals surface area (Å²) in [5.41, 5.74) is 2.25. The van der Waals surface area contributed by atoms with Crippen LogP contribution in [0.15, 0.2) is 30.3 Å². The van der Waals surface area contributed by atoms with E-state index in [0.29, 0.717) is 27.6 Å². The number of halogens is 1. The molecule has 106 valence electrons. The van der Waals surface area contributed by atoms with Crippen molar-refractivity contribution in [2.75, 3.05) is 0 Å². The number of nitriles is 2. The third-order valence-corrected chi connectivity index (χ3v) is 3.49. The van der Waals surface area contributed by atoms with Crippen molar-refractivity contribution >= 4 is 22.5 Å². The smallest absolute Gasteiger partial charge is 0.157 e. The van der Waals surface area contributed by atoms with Gasteiger partial charge in [-0.3, -0.25) is 5.10 Å². The van der Waals surface area contributed by atoms with E-state index in [2.05, 4.69) is 10.2 Å². The predicted octanol–water partition coefficient (Wildman–Crippen LogP) is 4.06. The minimum Gasteiger partial charge on any atom is -0.455 e. The Labute approximate surface area is 131 Å². The van der Waals surface area contributed by atoms with Crippen LogP contribution in [0.4, 0.5) is 0 Å². The zero-order valence-corrected chi connectivity index (χ0v) is 12.3. The van der Waals surface area contributed by atoms with E-state index in [1.54, 1.807) is 24.3 Å². The van der Waals surface area contributed by atoms with Gasteiger partial charge in [0.05, 0.1) is 39.2 Å². The lowest BCUT2D eigenvalue weighted by Gasteiger charge is -2.10. The van der Waals surface area contributed by atoms with Gasteiger partial charge in [0, 0.05) is 5.69 Å². The Bertz CT molecular complexity index is 930. The third-order valence-electron chi connectivity index (χ3n) is 3.19. The normalized spacial score (nSPS) is 10.2. The summed E-state index contributed by atoms with van der Waals surface area (Å²) in [7, 11) is 0. The number of nitrogens with one attached hydrogen (secondary N) is 1. The summed E-state index contributed by atoms with van der Waals surface area (Å²) in [6, 6.07) is 12.1. The van der Waals surface area contributed by atoms with Crippen molar-refractivity contribution in [2.24, 2.45) is 0 Å². The first-order valence-corrected chi connectivity index (χ1v) is 6.76. The molecule has 3 rings (SSSR count). The molecule has 6 heteroatoms. The maximum atomic E-state index is 9.03. The number of hydrogen-bond acceptors (Lipinski definition) is 4. The maximum Gasteiger partial charge on any atom is 0.157 e. The summed E-state index contributed by atoms with van der Waals surface area (Å²) in [5.74, 6) is 0.829. The van der Waals surface area contributed by atoms with Crippen molar-refractivity contribution in [3.63, 3.8) is 0 Å². The molecule has 0 aliphatic heterocycles. The van der Waals surface area contributed by atoms with E-state index in [1.165, 1.54) is 6.07 Å². The van der Waals surface area contributed by atoms with Gasteiger partial charge in [0.15, 0.2) is 5.75 Å². The van der Waals surface area contributed by atoms with Crippen LogP contribution in [-0.2, 0) is 0 Å². The summed E-state index contributed by atoms with van der Waals surface area (Å²) >= 11 is 6.23. The van der Waals surface area contributed by atoms with Gasteiger partial charge in [-0.15, -0.1) is 0 Å². The number of aromatic amines is 1. The first kappa shape index (κ1) is 13.9. The van der Waals surface area contributed by atoms with E-state index in [0.717, 1.165) is 16.6 Å². The minimum atomic E-state index is 0.348. The van der Waals surface area contributed by atoms with Gasteiger partial charge >= 0.3 is 0 Å². The molecule has 3 aromatic rings. The van der Waals surface area contributed by atoms with Crippen LogP contribution >= 0.6 is 11.6 Å². The van der Waals surface area contributed by atoms with Gasteiger partial charge in [-0.25, -0.2) is 0 Å². The van der Waals surface area contributed by atoms with Gasteiger partial charge in [0.1, 0.15) is 5.75 Å². The standard InChI is InChI=1S/C16H9ClN4O/c1-9-15-14(21-20-9)3-2-13(17)16(15)22-12-5-10(7-18)4-11(6-12)8-19/h2-6H,1H3,(H,20,21). The molecule has 0 radical (unpaired) electrons. The van der Waals surface area contributed by atoms with E-state index < -0.39 is 0 Å². The number of fused-ring (bicyclic) bond motifs is 1. The number of rotatable bonds is 2. The highest BCUT2D eigenvalue weighted by atomic mass is 35.5. The van der Waals surface area contributed by atoms with Gasteiger partial charge in [0.2, 0.25) is 0 Å². The van der Waals surface area contributed by atoms with Crippen LogP contribution in [0.2, 0.25) is 5.02 Å². The SMILES string of the molecule is Cc1[nH]nc2ccc(Cl)c(Oc3cc(C#N)cc(C#N)c3)c12.